The summed E-state index contributed by atoms with van der Waals surface area (Å²) in [6.07, 6.45) is 5.53. The summed E-state index contributed by atoms with van der Waals surface area (Å²) in [6, 6.07) is 0. The molecule has 0 aliphatic rings. The number of hydrogen-bond acceptors (Lipinski definition) is 0. The molecule has 0 aromatic heterocycles. The van der Waals surface area contributed by atoms with Crippen LogP contribution >= 0.6 is 0 Å². The van der Waals surface area contributed by atoms with E-state index in [4.69, 9.17) is 0 Å². The molecule has 0 aromatic rings. The first-order valence-corrected chi connectivity index (χ1v) is 4.81. The minimum Gasteiger partial charge on any atom is -0.0776 e. The van der Waals surface area contributed by atoms with Crippen LogP contribution in [0.1, 0.15) is 67.7 Å². The molecule has 0 saturated carbocycles. The maximum absolute atomic E-state index is 2.33. The highest BCUT2D eigenvalue weighted by atomic mass is 14.0. The smallest absolute Gasteiger partial charge is 0.0445 e. The van der Waals surface area contributed by atoms with Gasteiger partial charge in [-0.05, 0) is 5.92 Å². The van der Waals surface area contributed by atoms with Crippen LogP contribution in [0.5, 0.6) is 0 Å². The van der Waals surface area contributed by atoms with Crippen molar-refractivity contribution in [2.75, 3.05) is 0 Å². The van der Waals surface area contributed by atoms with Crippen molar-refractivity contribution >= 4 is 0 Å². The van der Waals surface area contributed by atoms with E-state index in [0.29, 0.717) is 0 Å². The lowest BCUT2D eigenvalue weighted by atomic mass is 10.0. The van der Waals surface area contributed by atoms with Crippen molar-refractivity contribution in [2.45, 2.75) is 67.7 Å². The average Bonchev–Trinajstić information content (AvgIpc) is 2.04. The molecule has 0 saturated heterocycles. The van der Waals surface area contributed by atoms with E-state index >= 15 is 0 Å². The minimum atomic E-state index is 0. The van der Waals surface area contributed by atoms with E-state index in [9.17, 15) is 0 Å². The van der Waals surface area contributed by atoms with Gasteiger partial charge in [-0.1, -0.05) is 67.7 Å². The summed E-state index contributed by atoms with van der Waals surface area (Å²) in [5, 5.41) is 0. The molecule has 0 fully saturated rings. The Labute approximate surface area is 74.4 Å². The Hall–Kier alpha value is 0. The molecule has 0 aromatic carbocycles. The molecule has 1 unspecified atom stereocenters. The number of hydrogen-bond donors (Lipinski definition) is 0. The molecule has 0 aliphatic heterocycles. The van der Waals surface area contributed by atoms with Crippen molar-refractivity contribution in [3.63, 3.8) is 0 Å². The largest absolute Gasteiger partial charge is 0.0776 e. The van der Waals surface area contributed by atoms with Gasteiger partial charge in [0.05, 0.1) is 0 Å². The predicted octanol–water partition coefficient (Wildman–Crippen LogP) is 4.89. The van der Waals surface area contributed by atoms with Gasteiger partial charge in [-0.2, -0.15) is 0 Å². The van der Waals surface area contributed by atoms with Gasteiger partial charge in [-0.25, -0.2) is 0 Å². The van der Waals surface area contributed by atoms with E-state index in [-0.39, 0.29) is 7.43 Å². The van der Waals surface area contributed by atoms with E-state index in [0.717, 1.165) is 5.92 Å². The summed E-state index contributed by atoms with van der Waals surface area (Å²) >= 11 is 0. The second kappa shape index (κ2) is 16.5. The molecule has 0 heteroatoms. The summed E-state index contributed by atoms with van der Waals surface area (Å²) in [6.45, 7) is 10.8. The maximum atomic E-state index is 2.33. The highest BCUT2D eigenvalue weighted by Gasteiger charge is 1.94. The zero-order chi connectivity index (χ0) is 8.41. The highest BCUT2D eigenvalue weighted by Crippen LogP contribution is 2.09. The molecule has 0 rings (SSSR count). The van der Waals surface area contributed by atoms with Gasteiger partial charge in [0.1, 0.15) is 0 Å². The molecule has 0 heterocycles. The van der Waals surface area contributed by atoms with Crippen LogP contribution in [-0.2, 0) is 0 Å². The van der Waals surface area contributed by atoms with E-state index in [1.807, 2.05) is 13.8 Å². The van der Waals surface area contributed by atoms with Crippen molar-refractivity contribution in [3.8, 4) is 0 Å². The Morgan fingerprint density at radius 3 is 1.82 bits per heavy atom. The topological polar surface area (TPSA) is 0 Å². The fourth-order valence-corrected chi connectivity index (χ4v) is 0.757. The molecule has 0 nitrogen and oxygen atoms in total. The van der Waals surface area contributed by atoms with Crippen molar-refractivity contribution in [3.05, 3.63) is 0 Å². The van der Waals surface area contributed by atoms with Crippen molar-refractivity contribution in [1.82, 2.24) is 0 Å². The zero-order valence-electron chi connectivity index (χ0n) is 8.41. The molecule has 0 aliphatic carbocycles. The van der Waals surface area contributed by atoms with Gasteiger partial charge >= 0.3 is 0 Å². The molecule has 0 amide bonds. The molecule has 0 spiro atoms. The first-order valence-electron chi connectivity index (χ1n) is 4.81. The lowest BCUT2D eigenvalue weighted by molar-refractivity contribution is 0.492. The first kappa shape index (κ1) is 17.2. The quantitative estimate of drug-likeness (QED) is 0.549. The lowest BCUT2D eigenvalue weighted by Gasteiger charge is -2.04. The molecule has 11 heavy (non-hydrogen) atoms. The standard InChI is InChI=1S/C8H18.C2H6.CH4/c1-4-6-7-8(3)5-2;1-2;/h8H,4-7H2,1-3H3;1-2H3;1H4. The summed E-state index contributed by atoms with van der Waals surface area (Å²) in [4.78, 5) is 0. The van der Waals surface area contributed by atoms with Crippen LogP contribution in [0.2, 0.25) is 0 Å². The Kier molecular flexibility index (Phi) is 25.8. The Bertz CT molecular complexity index is 39.3. The van der Waals surface area contributed by atoms with Crippen LogP contribution in [0.15, 0.2) is 0 Å². The molecular formula is C11H28. The monoisotopic (exact) mass is 160 g/mol. The minimum absolute atomic E-state index is 0. The van der Waals surface area contributed by atoms with Crippen LogP contribution < -0.4 is 0 Å². The van der Waals surface area contributed by atoms with Crippen LogP contribution in [-0.4, -0.2) is 0 Å². The third-order valence-electron chi connectivity index (χ3n) is 1.75. The third kappa shape index (κ3) is 17.8. The molecule has 72 valence electrons. The SMILES string of the molecule is C.CC.CCCCC(C)CC. The van der Waals surface area contributed by atoms with E-state index < -0.39 is 0 Å². The van der Waals surface area contributed by atoms with Gasteiger partial charge in [0.15, 0.2) is 0 Å². The molecule has 0 bridgehead atoms. The van der Waals surface area contributed by atoms with Crippen molar-refractivity contribution in [1.29, 1.82) is 0 Å². The Morgan fingerprint density at radius 2 is 1.55 bits per heavy atom. The maximum Gasteiger partial charge on any atom is -0.0445 e. The van der Waals surface area contributed by atoms with Crippen molar-refractivity contribution in [2.24, 2.45) is 5.92 Å². The lowest BCUT2D eigenvalue weighted by Crippen LogP contribution is -1.89. The van der Waals surface area contributed by atoms with E-state index in [2.05, 4.69) is 20.8 Å². The van der Waals surface area contributed by atoms with Crippen molar-refractivity contribution < 1.29 is 0 Å². The van der Waals surface area contributed by atoms with Gasteiger partial charge in [0, 0.05) is 0 Å². The Morgan fingerprint density at radius 1 is 1.09 bits per heavy atom. The fourth-order valence-electron chi connectivity index (χ4n) is 0.757. The number of rotatable bonds is 4. The predicted molar refractivity (Wildman–Crippen MR) is 57.1 cm³/mol. The van der Waals surface area contributed by atoms with E-state index in [1.165, 1.54) is 25.7 Å². The normalized spacial score (nSPS) is 10.6. The van der Waals surface area contributed by atoms with Crippen LogP contribution in [0.3, 0.4) is 0 Å². The van der Waals surface area contributed by atoms with Gasteiger partial charge in [0.25, 0.3) is 0 Å². The summed E-state index contributed by atoms with van der Waals surface area (Å²) in [5.74, 6) is 0.954. The highest BCUT2D eigenvalue weighted by molar-refractivity contribution is 4.47. The molecule has 0 radical (unpaired) electrons. The molecular weight excluding hydrogens is 132 g/mol. The van der Waals surface area contributed by atoms with Gasteiger partial charge < -0.3 is 0 Å². The van der Waals surface area contributed by atoms with Crippen LogP contribution in [0.25, 0.3) is 0 Å². The van der Waals surface area contributed by atoms with Crippen LogP contribution in [0.4, 0.5) is 0 Å². The van der Waals surface area contributed by atoms with Crippen LogP contribution in [0, 0.1) is 5.92 Å². The second-order valence-electron chi connectivity index (χ2n) is 2.66. The van der Waals surface area contributed by atoms with Gasteiger partial charge in [-0.15, -0.1) is 0 Å². The summed E-state index contributed by atoms with van der Waals surface area (Å²) < 4.78 is 0. The number of unbranched alkanes of at least 4 members (excludes halogenated alkanes) is 1. The molecule has 0 N–H and O–H groups in total. The fraction of sp³-hybridized carbons (Fsp3) is 1.00. The molecule has 1 atom stereocenters. The van der Waals surface area contributed by atoms with Gasteiger partial charge in [0.2, 0.25) is 0 Å². The van der Waals surface area contributed by atoms with E-state index in [1.54, 1.807) is 0 Å². The Balaban J connectivity index is -0.000000196. The summed E-state index contributed by atoms with van der Waals surface area (Å²) in [5.41, 5.74) is 0. The zero-order valence-corrected chi connectivity index (χ0v) is 8.41. The third-order valence-corrected chi connectivity index (χ3v) is 1.75. The second-order valence-corrected chi connectivity index (χ2v) is 2.66. The van der Waals surface area contributed by atoms with Gasteiger partial charge in [-0.3, -0.25) is 0 Å². The first-order chi connectivity index (χ1) is 4.81. The average molecular weight is 160 g/mol. The summed E-state index contributed by atoms with van der Waals surface area (Å²) in [7, 11) is 0.